The lowest BCUT2D eigenvalue weighted by Gasteiger charge is -2.09. The Morgan fingerprint density at radius 2 is 2.00 bits per heavy atom. The highest BCUT2D eigenvalue weighted by molar-refractivity contribution is 5.92. The van der Waals surface area contributed by atoms with E-state index in [0.717, 1.165) is 24.1 Å². The van der Waals surface area contributed by atoms with Gasteiger partial charge < -0.3 is 10.6 Å². The van der Waals surface area contributed by atoms with E-state index in [1.807, 2.05) is 31.2 Å². The quantitative estimate of drug-likeness (QED) is 0.824. The van der Waals surface area contributed by atoms with Crippen LogP contribution in [-0.2, 0) is 6.54 Å². The van der Waals surface area contributed by atoms with E-state index in [-0.39, 0.29) is 5.91 Å². The molecule has 1 amide bonds. The van der Waals surface area contributed by atoms with Crippen LogP contribution in [0.5, 0.6) is 0 Å². The molecule has 1 aromatic carbocycles. The Morgan fingerprint density at radius 1 is 1.22 bits per heavy atom. The van der Waals surface area contributed by atoms with E-state index >= 15 is 0 Å². The van der Waals surface area contributed by atoms with Gasteiger partial charge in [-0.2, -0.15) is 0 Å². The smallest absolute Gasteiger partial charge is 0.270 e. The van der Waals surface area contributed by atoms with Crippen molar-refractivity contribution in [3.05, 3.63) is 53.5 Å². The molecule has 23 heavy (non-hydrogen) atoms. The molecule has 0 unspecified atom stereocenters. The molecule has 0 aliphatic heterocycles. The van der Waals surface area contributed by atoms with Gasteiger partial charge in [-0.15, -0.1) is 0 Å². The number of benzene rings is 1. The number of amides is 1. The van der Waals surface area contributed by atoms with Gasteiger partial charge in [0, 0.05) is 19.2 Å². The van der Waals surface area contributed by atoms with Gasteiger partial charge in [-0.25, -0.2) is 9.97 Å². The fraction of sp³-hybridized carbons (Fsp3) is 0.389. The van der Waals surface area contributed by atoms with Crippen LogP contribution in [-0.4, -0.2) is 22.4 Å². The maximum atomic E-state index is 12.2. The number of hydrogen-bond acceptors (Lipinski definition) is 4. The van der Waals surface area contributed by atoms with Crippen LogP contribution in [0.4, 0.5) is 5.82 Å². The molecular formula is C18H24N4O. The second-order valence-corrected chi connectivity index (χ2v) is 6.01. The Kier molecular flexibility index (Phi) is 6.09. The fourth-order valence-electron chi connectivity index (χ4n) is 2.14. The number of anilines is 1. The maximum Gasteiger partial charge on any atom is 0.270 e. The van der Waals surface area contributed by atoms with Crippen LogP contribution in [0.1, 0.15) is 41.9 Å². The zero-order valence-corrected chi connectivity index (χ0v) is 14.0. The molecule has 2 aromatic rings. The predicted molar refractivity (Wildman–Crippen MR) is 92.3 cm³/mol. The number of aryl methyl sites for hydroxylation is 1. The van der Waals surface area contributed by atoms with Gasteiger partial charge in [0.15, 0.2) is 0 Å². The highest BCUT2D eigenvalue weighted by Crippen LogP contribution is 2.08. The van der Waals surface area contributed by atoms with E-state index in [2.05, 4.69) is 34.4 Å². The van der Waals surface area contributed by atoms with Crippen LogP contribution in [0.3, 0.4) is 0 Å². The average Bonchev–Trinajstić information content (AvgIpc) is 2.54. The Hall–Kier alpha value is -2.43. The molecule has 122 valence electrons. The Balaban J connectivity index is 1.93. The van der Waals surface area contributed by atoms with Gasteiger partial charge >= 0.3 is 0 Å². The molecule has 2 rings (SSSR count). The van der Waals surface area contributed by atoms with E-state index in [1.54, 1.807) is 6.07 Å². The van der Waals surface area contributed by atoms with Crippen molar-refractivity contribution in [2.24, 2.45) is 5.92 Å². The monoisotopic (exact) mass is 312 g/mol. The Morgan fingerprint density at radius 3 is 2.74 bits per heavy atom. The molecule has 5 heteroatoms. The first-order valence-electron chi connectivity index (χ1n) is 7.95. The summed E-state index contributed by atoms with van der Waals surface area (Å²) in [4.78, 5) is 20.4. The molecule has 0 spiro atoms. The second kappa shape index (κ2) is 8.27. The van der Waals surface area contributed by atoms with Crippen molar-refractivity contribution < 1.29 is 4.79 Å². The lowest BCUT2D eigenvalue weighted by Crippen LogP contribution is -2.24. The van der Waals surface area contributed by atoms with E-state index in [0.29, 0.717) is 24.0 Å². The van der Waals surface area contributed by atoms with Crippen LogP contribution < -0.4 is 10.6 Å². The summed E-state index contributed by atoms with van der Waals surface area (Å²) < 4.78 is 0. The predicted octanol–water partition coefficient (Wildman–Crippen LogP) is 3.17. The Labute approximate surface area is 137 Å². The van der Waals surface area contributed by atoms with Crippen molar-refractivity contribution >= 4 is 11.7 Å². The van der Waals surface area contributed by atoms with Gasteiger partial charge in [0.1, 0.15) is 17.8 Å². The summed E-state index contributed by atoms with van der Waals surface area (Å²) >= 11 is 0. The summed E-state index contributed by atoms with van der Waals surface area (Å²) in [5, 5.41) is 6.12. The topological polar surface area (TPSA) is 66.9 Å². The average molecular weight is 312 g/mol. The first-order valence-corrected chi connectivity index (χ1v) is 7.95. The molecule has 0 aliphatic carbocycles. The molecular weight excluding hydrogens is 288 g/mol. The second-order valence-electron chi connectivity index (χ2n) is 6.01. The van der Waals surface area contributed by atoms with Gasteiger partial charge in [-0.1, -0.05) is 38.1 Å². The summed E-state index contributed by atoms with van der Waals surface area (Å²) in [6, 6.07) is 9.68. The third-order valence-electron chi connectivity index (χ3n) is 3.63. The first-order chi connectivity index (χ1) is 11.1. The number of hydrogen-bond donors (Lipinski definition) is 2. The molecule has 0 saturated heterocycles. The van der Waals surface area contributed by atoms with Crippen LogP contribution in [0.2, 0.25) is 0 Å². The maximum absolute atomic E-state index is 12.2. The molecule has 5 nitrogen and oxygen atoms in total. The van der Waals surface area contributed by atoms with E-state index in [1.165, 1.54) is 6.33 Å². The molecule has 0 bridgehead atoms. The molecule has 0 fully saturated rings. The number of aromatic nitrogens is 2. The highest BCUT2D eigenvalue weighted by atomic mass is 16.1. The largest absolute Gasteiger partial charge is 0.370 e. The summed E-state index contributed by atoms with van der Waals surface area (Å²) in [6.45, 7) is 7.70. The molecule has 1 heterocycles. The van der Waals surface area contributed by atoms with Crippen LogP contribution >= 0.6 is 0 Å². The van der Waals surface area contributed by atoms with Crippen molar-refractivity contribution in [1.29, 1.82) is 0 Å². The van der Waals surface area contributed by atoms with Crippen LogP contribution in [0.25, 0.3) is 0 Å². The zero-order valence-electron chi connectivity index (χ0n) is 14.0. The lowest BCUT2D eigenvalue weighted by molar-refractivity contribution is 0.0945. The molecule has 0 atom stereocenters. The van der Waals surface area contributed by atoms with Crippen molar-refractivity contribution in [2.45, 2.75) is 33.7 Å². The molecule has 2 N–H and O–H groups in total. The Bertz CT molecular complexity index is 655. The standard InChI is InChI=1S/C18H24N4O/c1-13(2)8-9-19-17-10-16(21-12-22-17)18(23)20-11-15-7-5-4-6-14(15)3/h4-7,10,12-13H,8-9,11H2,1-3H3,(H,20,23)(H,19,21,22). The number of carbonyl (C=O) groups excluding carboxylic acids is 1. The minimum absolute atomic E-state index is 0.192. The van der Waals surface area contributed by atoms with Crippen LogP contribution in [0, 0.1) is 12.8 Å². The summed E-state index contributed by atoms with van der Waals surface area (Å²) in [5.74, 6) is 1.12. The molecule has 0 radical (unpaired) electrons. The minimum Gasteiger partial charge on any atom is -0.370 e. The fourth-order valence-corrected chi connectivity index (χ4v) is 2.14. The first kappa shape index (κ1) is 16.9. The van der Waals surface area contributed by atoms with Gasteiger partial charge in [0.2, 0.25) is 0 Å². The van der Waals surface area contributed by atoms with Gasteiger partial charge in [0.25, 0.3) is 5.91 Å². The zero-order chi connectivity index (χ0) is 16.7. The molecule has 0 aliphatic rings. The van der Waals surface area contributed by atoms with Crippen molar-refractivity contribution in [3.63, 3.8) is 0 Å². The number of nitrogens with zero attached hydrogens (tertiary/aromatic N) is 2. The van der Waals surface area contributed by atoms with Crippen molar-refractivity contribution in [2.75, 3.05) is 11.9 Å². The number of nitrogens with one attached hydrogen (secondary N) is 2. The summed E-state index contributed by atoms with van der Waals surface area (Å²) in [5.41, 5.74) is 2.64. The minimum atomic E-state index is -0.192. The van der Waals surface area contributed by atoms with Crippen LogP contribution in [0.15, 0.2) is 36.7 Å². The van der Waals surface area contributed by atoms with Crippen molar-refractivity contribution in [3.8, 4) is 0 Å². The molecule has 0 saturated carbocycles. The van der Waals surface area contributed by atoms with Gasteiger partial charge in [-0.3, -0.25) is 4.79 Å². The third-order valence-corrected chi connectivity index (χ3v) is 3.63. The van der Waals surface area contributed by atoms with E-state index < -0.39 is 0 Å². The normalized spacial score (nSPS) is 10.6. The summed E-state index contributed by atoms with van der Waals surface area (Å²) in [7, 11) is 0. The summed E-state index contributed by atoms with van der Waals surface area (Å²) in [6.07, 6.45) is 2.47. The molecule has 1 aromatic heterocycles. The van der Waals surface area contributed by atoms with E-state index in [9.17, 15) is 4.79 Å². The third kappa shape index (κ3) is 5.36. The van der Waals surface area contributed by atoms with Crippen molar-refractivity contribution in [1.82, 2.24) is 15.3 Å². The van der Waals surface area contributed by atoms with Gasteiger partial charge in [-0.05, 0) is 30.4 Å². The number of rotatable bonds is 7. The highest BCUT2D eigenvalue weighted by Gasteiger charge is 2.09. The van der Waals surface area contributed by atoms with E-state index in [4.69, 9.17) is 0 Å². The number of carbonyl (C=O) groups is 1. The van der Waals surface area contributed by atoms with Gasteiger partial charge in [0.05, 0.1) is 0 Å². The SMILES string of the molecule is Cc1ccccc1CNC(=O)c1cc(NCCC(C)C)ncn1. The lowest BCUT2D eigenvalue weighted by atomic mass is 10.1.